The molecular formula is C12H24N2O4. The Kier molecular flexibility index (Phi) is 5.16. The number of nitrogens with zero attached hydrogens (tertiary/aromatic N) is 2. The molecule has 0 spiro atoms. The number of likely N-dealkylation sites (N-methyl/N-ethyl adjacent to an activating group) is 2. The zero-order chi connectivity index (χ0) is 14.7. The molecule has 6 heteroatoms. The summed E-state index contributed by atoms with van der Waals surface area (Å²) in [6.07, 6.45) is -0.644. The van der Waals surface area contributed by atoms with Crippen LogP contribution in [0.2, 0.25) is 0 Å². The van der Waals surface area contributed by atoms with Gasteiger partial charge < -0.3 is 14.7 Å². The summed E-state index contributed by atoms with van der Waals surface area (Å²) in [7, 11) is 4.94. The molecule has 0 rings (SSSR count). The van der Waals surface area contributed by atoms with E-state index in [0.717, 1.165) is 4.90 Å². The highest BCUT2D eigenvalue weighted by Gasteiger charge is 2.42. The van der Waals surface area contributed by atoms with Gasteiger partial charge in [0.05, 0.1) is 0 Å². The lowest BCUT2D eigenvalue weighted by Crippen LogP contribution is -2.59. The van der Waals surface area contributed by atoms with Crippen LogP contribution in [0.4, 0.5) is 4.79 Å². The number of carboxylic acids is 1. The molecule has 6 nitrogen and oxygen atoms in total. The zero-order valence-corrected chi connectivity index (χ0v) is 12.3. The normalized spacial score (nSPS) is 15.1. The maximum Gasteiger partial charge on any atom is 0.411 e. The van der Waals surface area contributed by atoms with Gasteiger partial charge in [-0.25, -0.2) is 9.59 Å². The summed E-state index contributed by atoms with van der Waals surface area (Å²) < 4.78 is 5.18. The Morgan fingerprint density at radius 1 is 1.11 bits per heavy atom. The van der Waals surface area contributed by atoms with Crippen molar-refractivity contribution in [1.82, 2.24) is 9.80 Å². The lowest BCUT2D eigenvalue weighted by Gasteiger charge is -2.37. The summed E-state index contributed by atoms with van der Waals surface area (Å²) >= 11 is 0. The van der Waals surface area contributed by atoms with Crippen molar-refractivity contribution < 1.29 is 19.4 Å². The van der Waals surface area contributed by atoms with Crippen LogP contribution in [0.3, 0.4) is 0 Å². The third-order valence-corrected chi connectivity index (χ3v) is 2.49. The Hall–Kier alpha value is -1.30. The minimum Gasteiger partial charge on any atom is -0.479 e. The minimum absolute atomic E-state index is 0.206. The molecule has 0 saturated carbocycles. The van der Waals surface area contributed by atoms with Gasteiger partial charge in [-0.15, -0.1) is 0 Å². The molecule has 0 aromatic heterocycles. The van der Waals surface area contributed by atoms with Crippen LogP contribution in [0.5, 0.6) is 0 Å². The number of hydrogen-bond acceptors (Lipinski definition) is 4. The van der Waals surface area contributed by atoms with Crippen LogP contribution in [0.25, 0.3) is 0 Å². The second kappa shape index (κ2) is 5.56. The van der Waals surface area contributed by atoms with E-state index in [1.807, 2.05) is 0 Å². The fourth-order valence-corrected chi connectivity index (χ4v) is 1.46. The number of ether oxygens (including phenoxy) is 1. The van der Waals surface area contributed by atoms with Gasteiger partial charge in [0.2, 0.25) is 0 Å². The Balaban J connectivity index is 5.04. The first-order valence-corrected chi connectivity index (χ1v) is 5.75. The second-order valence-electron chi connectivity index (χ2n) is 5.86. The molecule has 0 heterocycles. The topological polar surface area (TPSA) is 70.1 Å². The molecule has 1 N–H and O–H groups in total. The number of hydrogen-bond donors (Lipinski definition) is 1. The molecular weight excluding hydrogens is 236 g/mol. The van der Waals surface area contributed by atoms with Gasteiger partial charge in [0.15, 0.2) is 5.54 Å². The van der Waals surface area contributed by atoms with Gasteiger partial charge in [-0.05, 0) is 41.8 Å². The number of carbonyl (C=O) groups is 2. The number of carbonyl (C=O) groups excluding carboxylic acids is 1. The first-order valence-electron chi connectivity index (χ1n) is 5.75. The van der Waals surface area contributed by atoms with Crippen LogP contribution in [0.15, 0.2) is 0 Å². The summed E-state index contributed by atoms with van der Waals surface area (Å²) in [6, 6.07) is 0. The molecule has 0 aliphatic heterocycles. The molecule has 0 radical (unpaired) electrons. The van der Waals surface area contributed by atoms with Crippen LogP contribution >= 0.6 is 0 Å². The fourth-order valence-electron chi connectivity index (χ4n) is 1.46. The molecule has 18 heavy (non-hydrogen) atoms. The third kappa shape index (κ3) is 4.52. The van der Waals surface area contributed by atoms with E-state index < -0.39 is 23.2 Å². The van der Waals surface area contributed by atoms with E-state index in [-0.39, 0.29) is 6.54 Å². The molecule has 1 amide bonds. The van der Waals surface area contributed by atoms with Crippen LogP contribution in [0.1, 0.15) is 27.7 Å². The summed E-state index contributed by atoms with van der Waals surface area (Å²) in [5, 5.41) is 9.32. The molecule has 0 aliphatic rings. The Bertz CT molecular complexity index is 323. The maximum absolute atomic E-state index is 11.9. The van der Waals surface area contributed by atoms with Crippen LogP contribution < -0.4 is 0 Å². The Labute approximate surface area is 109 Å². The highest BCUT2D eigenvalue weighted by atomic mass is 16.6. The largest absolute Gasteiger partial charge is 0.479 e. The molecule has 1 unspecified atom stereocenters. The van der Waals surface area contributed by atoms with Crippen molar-refractivity contribution in [2.75, 3.05) is 27.7 Å². The van der Waals surface area contributed by atoms with Gasteiger partial charge in [-0.3, -0.25) is 4.90 Å². The van der Waals surface area contributed by atoms with E-state index >= 15 is 0 Å². The number of amides is 1. The van der Waals surface area contributed by atoms with Crippen LogP contribution in [0, 0.1) is 0 Å². The summed E-state index contributed by atoms with van der Waals surface area (Å²) in [5.41, 5.74) is -1.98. The molecule has 0 aromatic rings. The van der Waals surface area contributed by atoms with Crippen LogP contribution in [-0.4, -0.2) is 65.8 Å². The van der Waals surface area contributed by atoms with Crippen molar-refractivity contribution >= 4 is 12.1 Å². The van der Waals surface area contributed by atoms with E-state index in [1.165, 1.54) is 14.0 Å². The maximum atomic E-state index is 11.9. The van der Waals surface area contributed by atoms with Gasteiger partial charge in [0.25, 0.3) is 0 Å². The molecule has 0 aromatic carbocycles. The van der Waals surface area contributed by atoms with Gasteiger partial charge in [-0.1, -0.05) is 0 Å². The van der Waals surface area contributed by atoms with Crippen molar-refractivity contribution in [2.24, 2.45) is 0 Å². The fraction of sp³-hybridized carbons (Fsp3) is 0.833. The molecule has 1 atom stereocenters. The van der Waals surface area contributed by atoms with Gasteiger partial charge in [0, 0.05) is 13.6 Å². The van der Waals surface area contributed by atoms with E-state index in [0.29, 0.717) is 0 Å². The average molecular weight is 260 g/mol. The number of carboxylic acid groups (broad SMARTS) is 1. The van der Waals surface area contributed by atoms with Crippen molar-refractivity contribution in [2.45, 2.75) is 38.8 Å². The van der Waals surface area contributed by atoms with Crippen molar-refractivity contribution in [3.63, 3.8) is 0 Å². The quantitative estimate of drug-likeness (QED) is 0.824. The van der Waals surface area contributed by atoms with E-state index in [1.54, 1.807) is 39.8 Å². The summed E-state index contributed by atoms with van der Waals surface area (Å²) in [4.78, 5) is 26.1. The Morgan fingerprint density at radius 3 is 1.83 bits per heavy atom. The smallest absolute Gasteiger partial charge is 0.411 e. The minimum atomic E-state index is -1.33. The highest BCUT2D eigenvalue weighted by molar-refractivity contribution is 5.84. The summed E-state index contributed by atoms with van der Waals surface area (Å²) in [6.45, 7) is 6.92. The molecule has 0 bridgehead atoms. The lowest BCUT2D eigenvalue weighted by atomic mass is 10.0. The molecule has 0 aliphatic carbocycles. The molecule has 0 saturated heterocycles. The lowest BCUT2D eigenvalue weighted by molar-refractivity contribution is -0.150. The SMILES string of the molecule is CN(C)CC(C)(C(=O)O)N(C)C(=O)OC(C)(C)C. The van der Waals surface area contributed by atoms with Gasteiger partial charge in [0.1, 0.15) is 5.60 Å². The monoisotopic (exact) mass is 260 g/mol. The predicted octanol–water partition coefficient (Wildman–Crippen LogP) is 1.26. The van der Waals surface area contributed by atoms with Crippen molar-refractivity contribution in [3.05, 3.63) is 0 Å². The first kappa shape index (κ1) is 16.7. The second-order valence-corrected chi connectivity index (χ2v) is 5.86. The van der Waals surface area contributed by atoms with E-state index in [9.17, 15) is 14.7 Å². The van der Waals surface area contributed by atoms with Gasteiger partial charge in [-0.2, -0.15) is 0 Å². The molecule has 106 valence electrons. The van der Waals surface area contributed by atoms with Crippen molar-refractivity contribution in [1.29, 1.82) is 0 Å². The number of rotatable bonds is 4. The molecule has 0 fully saturated rings. The number of aliphatic carboxylic acids is 1. The summed E-state index contributed by atoms with van der Waals surface area (Å²) in [5.74, 6) is -1.07. The predicted molar refractivity (Wildman–Crippen MR) is 68.6 cm³/mol. The van der Waals surface area contributed by atoms with Crippen LogP contribution in [-0.2, 0) is 9.53 Å². The van der Waals surface area contributed by atoms with E-state index in [4.69, 9.17) is 4.74 Å². The van der Waals surface area contributed by atoms with Crippen molar-refractivity contribution in [3.8, 4) is 0 Å². The van der Waals surface area contributed by atoms with Gasteiger partial charge >= 0.3 is 12.1 Å². The highest BCUT2D eigenvalue weighted by Crippen LogP contribution is 2.18. The van der Waals surface area contributed by atoms with E-state index in [2.05, 4.69) is 0 Å². The Morgan fingerprint density at radius 2 is 1.56 bits per heavy atom. The third-order valence-electron chi connectivity index (χ3n) is 2.49. The average Bonchev–Trinajstić information content (AvgIpc) is 2.12. The first-order chi connectivity index (χ1) is 7.90. The zero-order valence-electron chi connectivity index (χ0n) is 12.3. The standard InChI is InChI=1S/C12H24N2O4/c1-11(2,3)18-10(17)14(7)12(4,9(15)16)8-13(5)6/h8H2,1-7H3,(H,15,16).